The molecule has 0 heterocycles. The van der Waals surface area contributed by atoms with E-state index in [4.69, 9.17) is 10.2 Å². The number of hydrogen-bond acceptors (Lipinski definition) is 3. The minimum absolute atomic E-state index is 0.0445. The number of aliphatic hydroxyl groups is 1. The lowest BCUT2D eigenvalue weighted by molar-refractivity contribution is -0.153. The van der Waals surface area contributed by atoms with Gasteiger partial charge in [0.05, 0.1) is 5.41 Å². The molecule has 0 aliphatic heterocycles. The summed E-state index contributed by atoms with van der Waals surface area (Å²) in [7, 11) is 0. The van der Waals surface area contributed by atoms with E-state index in [2.05, 4.69) is 5.32 Å². The average molecular weight is 258 g/mol. The number of hydrogen-bond donors (Lipinski definition) is 3. The molecule has 0 aromatic heterocycles. The van der Waals surface area contributed by atoms with Crippen molar-refractivity contribution < 1.29 is 19.8 Å². The van der Waals surface area contributed by atoms with Crippen molar-refractivity contribution in [3.8, 4) is 0 Å². The van der Waals surface area contributed by atoms with Gasteiger partial charge in [0.2, 0.25) is 0 Å². The van der Waals surface area contributed by atoms with Gasteiger partial charge in [-0.05, 0) is 26.2 Å². The normalized spacial score (nSPS) is 16.8. The molecule has 0 bridgehead atoms. The molecule has 1 aliphatic rings. The molecule has 18 heavy (non-hydrogen) atoms. The molecule has 1 rings (SSSR count). The van der Waals surface area contributed by atoms with Crippen molar-refractivity contribution in [1.82, 2.24) is 10.2 Å². The summed E-state index contributed by atoms with van der Waals surface area (Å²) in [6.07, 6.45) is 2.70. The lowest BCUT2D eigenvalue weighted by Gasteiger charge is -2.38. The number of carboxylic acid groups (broad SMARTS) is 1. The molecule has 1 aliphatic carbocycles. The van der Waals surface area contributed by atoms with Crippen LogP contribution < -0.4 is 5.32 Å². The standard InChI is InChI=1S/C12H22N2O4/c1-2-14(7-4-8-15)11(18)13-9-12(10(16)17)5-3-6-12/h15H,2-9H2,1H3,(H,13,18)(H,16,17). The number of rotatable bonds is 7. The Hall–Kier alpha value is -1.30. The van der Waals surface area contributed by atoms with Crippen LogP contribution in [-0.4, -0.2) is 53.4 Å². The van der Waals surface area contributed by atoms with Gasteiger partial charge in [0.15, 0.2) is 0 Å². The van der Waals surface area contributed by atoms with Crippen LogP contribution in [0.25, 0.3) is 0 Å². The van der Waals surface area contributed by atoms with E-state index in [1.54, 1.807) is 4.90 Å². The molecule has 3 N–H and O–H groups in total. The highest BCUT2D eigenvalue weighted by atomic mass is 16.4. The Bertz CT molecular complexity index is 302. The first-order valence-electron chi connectivity index (χ1n) is 6.43. The molecule has 6 nitrogen and oxygen atoms in total. The number of aliphatic carboxylic acids is 1. The van der Waals surface area contributed by atoms with Crippen LogP contribution >= 0.6 is 0 Å². The zero-order chi connectivity index (χ0) is 13.6. The molecule has 0 spiro atoms. The molecular formula is C12H22N2O4. The minimum Gasteiger partial charge on any atom is -0.481 e. The van der Waals surface area contributed by atoms with Crippen LogP contribution in [0.2, 0.25) is 0 Å². The van der Waals surface area contributed by atoms with Crippen LogP contribution in [0.3, 0.4) is 0 Å². The van der Waals surface area contributed by atoms with Crippen molar-refractivity contribution in [2.75, 3.05) is 26.2 Å². The molecule has 1 saturated carbocycles. The van der Waals surface area contributed by atoms with Gasteiger partial charge in [-0.1, -0.05) is 6.42 Å². The van der Waals surface area contributed by atoms with E-state index in [0.717, 1.165) is 6.42 Å². The van der Waals surface area contributed by atoms with E-state index in [0.29, 0.717) is 32.4 Å². The topological polar surface area (TPSA) is 89.9 Å². The predicted octanol–water partition coefficient (Wildman–Crippen LogP) is 0.655. The van der Waals surface area contributed by atoms with Crippen LogP contribution in [0.5, 0.6) is 0 Å². The number of carboxylic acids is 1. The van der Waals surface area contributed by atoms with Crippen LogP contribution in [0.1, 0.15) is 32.6 Å². The fraction of sp³-hybridized carbons (Fsp3) is 0.833. The summed E-state index contributed by atoms with van der Waals surface area (Å²) in [5, 5.41) is 20.6. The zero-order valence-electron chi connectivity index (χ0n) is 10.8. The second kappa shape index (κ2) is 6.58. The Morgan fingerprint density at radius 1 is 1.39 bits per heavy atom. The fourth-order valence-electron chi connectivity index (χ4n) is 2.09. The van der Waals surface area contributed by atoms with E-state index < -0.39 is 11.4 Å². The van der Waals surface area contributed by atoms with E-state index in [9.17, 15) is 9.59 Å². The number of amides is 2. The molecule has 0 aromatic rings. The third kappa shape index (κ3) is 3.35. The van der Waals surface area contributed by atoms with Crippen molar-refractivity contribution in [2.45, 2.75) is 32.6 Å². The molecular weight excluding hydrogens is 236 g/mol. The summed E-state index contributed by atoms with van der Waals surface area (Å²) in [5.41, 5.74) is -0.758. The van der Waals surface area contributed by atoms with E-state index >= 15 is 0 Å². The quantitative estimate of drug-likeness (QED) is 0.625. The van der Waals surface area contributed by atoms with Crippen molar-refractivity contribution in [3.63, 3.8) is 0 Å². The summed E-state index contributed by atoms with van der Waals surface area (Å²) < 4.78 is 0. The van der Waals surface area contributed by atoms with E-state index in [-0.39, 0.29) is 19.2 Å². The first-order chi connectivity index (χ1) is 8.55. The molecule has 0 saturated heterocycles. The van der Waals surface area contributed by atoms with Crippen LogP contribution in [-0.2, 0) is 4.79 Å². The highest BCUT2D eigenvalue weighted by Gasteiger charge is 2.44. The van der Waals surface area contributed by atoms with Crippen LogP contribution in [0, 0.1) is 5.41 Å². The zero-order valence-corrected chi connectivity index (χ0v) is 10.8. The first kappa shape index (κ1) is 14.8. The fourth-order valence-corrected chi connectivity index (χ4v) is 2.09. The Kier molecular flexibility index (Phi) is 5.40. The molecule has 0 unspecified atom stereocenters. The monoisotopic (exact) mass is 258 g/mol. The minimum atomic E-state index is -0.826. The Morgan fingerprint density at radius 3 is 2.44 bits per heavy atom. The van der Waals surface area contributed by atoms with Crippen molar-refractivity contribution in [3.05, 3.63) is 0 Å². The van der Waals surface area contributed by atoms with Gasteiger partial charge in [0.1, 0.15) is 0 Å². The van der Waals surface area contributed by atoms with Gasteiger partial charge in [-0.3, -0.25) is 4.79 Å². The molecule has 0 atom stereocenters. The van der Waals surface area contributed by atoms with E-state index in [1.807, 2.05) is 6.92 Å². The van der Waals surface area contributed by atoms with Gasteiger partial charge in [0, 0.05) is 26.2 Å². The van der Waals surface area contributed by atoms with Gasteiger partial charge in [-0.25, -0.2) is 4.79 Å². The summed E-state index contributed by atoms with van der Waals surface area (Å²) in [6.45, 7) is 3.12. The van der Waals surface area contributed by atoms with Crippen LogP contribution in [0.15, 0.2) is 0 Å². The molecule has 104 valence electrons. The van der Waals surface area contributed by atoms with Gasteiger partial charge >= 0.3 is 12.0 Å². The van der Waals surface area contributed by atoms with E-state index in [1.165, 1.54) is 0 Å². The van der Waals surface area contributed by atoms with Gasteiger partial charge in [0.25, 0.3) is 0 Å². The first-order valence-corrected chi connectivity index (χ1v) is 6.43. The van der Waals surface area contributed by atoms with Gasteiger partial charge in [-0.15, -0.1) is 0 Å². The maximum Gasteiger partial charge on any atom is 0.317 e. The number of carbonyl (C=O) groups excluding carboxylic acids is 1. The van der Waals surface area contributed by atoms with Crippen molar-refractivity contribution in [1.29, 1.82) is 0 Å². The maximum absolute atomic E-state index is 11.8. The molecule has 0 aromatic carbocycles. The third-order valence-electron chi connectivity index (χ3n) is 3.60. The summed E-state index contributed by atoms with van der Waals surface area (Å²) in [6, 6.07) is -0.251. The second-order valence-corrected chi connectivity index (χ2v) is 4.75. The number of nitrogens with one attached hydrogen (secondary N) is 1. The van der Waals surface area contributed by atoms with Crippen LogP contribution in [0.4, 0.5) is 4.79 Å². The average Bonchev–Trinajstić information content (AvgIpc) is 2.28. The van der Waals surface area contributed by atoms with Crippen molar-refractivity contribution >= 4 is 12.0 Å². The smallest absolute Gasteiger partial charge is 0.317 e. The number of urea groups is 1. The largest absolute Gasteiger partial charge is 0.481 e. The number of aliphatic hydroxyl groups excluding tert-OH is 1. The van der Waals surface area contributed by atoms with Crippen molar-refractivity contribution in [2.24, 2.45) is 5.41 Å². The van der Waals surface area contributed by atoms with Gasteiger partial charge < -0.3 is 20.4 Å². The Balaban J connectivity index is 2.41. The highest BCUT2D eigenvalue weighted by molar-refractivity contribution is 5.78. The summed E-state index contributed by atoms with van der Waals surface area (Å²) >= 11 is 0. The Labute approximate surface area is 107 Å². The lowest BCUT2D eigenvalue weighted by Crippen LogP contribution is -2.50. The summed E-state index contributed by atoms with van der Waals surface area (Å²) in [5.74, 6) is -0.826. The predicted molar refractivity (Wildman–Crippen MR) is 66.3 cm³/mol. The summed E-state index contributed by atoms with van der Waals surface area (Å²) in [4.78, 5) is 24.5. The number of nitrogens with zero attached hydrogens (tertiary/aromatic N) is 1. The SMILES string of the molecule is CCN(CCCO)C(=O)NCC1(C(=O)O)CCC1. The molecule has 2 amide bonds. The highest BCUT2D eigenvalue weighted by Crippen LogP contribution is 2.40. The third-order valence-corrected chi connectivity index (χ3v) is 3.60. The second-order valence-electron chi connectivity index (χ2n) is 4.75. The lowest BCUT2D eigenvalue weighted by atomic mass is 9.69. The Morgan fingerprint density at radius 2 is 2.06 bits per heavy atom. The maximum atomic E-state index is 11.8. The number of carbonyl (C=O) groups is 2. The van der Waals surface area contributed by atoms with Gasteiger partial charge in [-0.2, -0.15) is 0 Å². The molecule has 0 radical (unpaired) electrons. The molecule has 6 heteroatoms. The molecule has 1 fully saturated rings.